The van der Waals surface area contributed by atoms with Gasteiger partial charge in [0.05, 0.1) is 10.4 Å². The maximum absolute atomic E-state index is 12.4. The first-order valence-electron chi connectivity index (χ1n) is 6.55. The molecule has 1 saturated carbocycles. The number of pyridine rings is 1. The Balaban J connectivity index is 1.86. The number of halogens is 1. The largest absolute Gasteiger partial charge is 0.240 e. The normalized spacial score (nSPS) is 17.0. The van der Waals surface area contributed by atoms with E-state index >= 15 is 0 Å². The second kappa shape index (κ2) is 5.43. The molecule has 112 valence electrons. The van der Waals surface area contributed by atoms with Crippen LogP contribution in [0.3, 0.4) is 0 Å². The summed E-state index contributed by atoms with van der Waals surface area (Å²) in [6.07, 6.45) is 4.15. The van der Waals surface area contributed by atoms with Crippen LogP contribution in [0.15, 0.2) is 35.2 Å². The van der Waals surface area contributed by atoms with E-state index in [4.69, 9.17) is 11.6 Å². The molecule has 7 heteroatoms. The first-order valence-corrected chi connectivity index (χ1v) is 9.64. The Hall–Kier alpha value is -0.820. The summed E-state index contributed by atoms with van der Waals surface area (Å²) in [5, 5.41) is 1.15. The Labute approximate surface area is 133 Å². The minimum absolute atomic E-state index is 0.0962. The molecule has 1 heterocycles. The van der Waals surface area contributed by atoms with Gasteiger partial charge in [-0.25, -0.2) is 18.1 Å². The van der Waals surface area contributed by atoms with Crippen molar-refractivity contribution in [2.45, 2.75) is 22.5 Å². The van der Waals surface area contributed by atoms with Crippen LogP contribution in [0.5, 0.6) is 0 Å². The number of nitrogens with zero attached hydrogens (tertiary/aromatic N) is 1. The number of fused-ring (bicyclic) bond motifs is 1. The van der Waals surface area contributed by atoms with Crippen molar-refractivity contribution in [2.24, 2.45) is 0 Å². The highest BCUT2D eigenvalue weighted by atomic mass is 35.5. The van der Waals surface area contributed by atoms with Crippen LogP contribution in [0.4, 0.5) is 0 Å². The van der Waals surface area contributed by atoms with Crippen molar-refractivity contribution in [3.63, 3.8) is 0 Å². The van der Waals surface area contributed by atoms with Gasteiger partial charge >= 0.3 is 0 Å². The molecule has 1 aliphatic rings. The van der Waals surface area contributed by atoms with Crippen LogP contribution in [0, 0.1) is 0 Å². The molecule has 1 aromatic carbocycles. The van der Waals surface area contributed by atoms with Gasteiger partial charge in [0.25, 0.3) is 0 Å². The molecule has 0 spiro atoms. The number of hydrogen-bond donors (Lipinski definition) is 1. The van der Waals surface area contributed by atoms with Crippen molar-refractivity contribution in [1.82, 2.24) is 9.71 Å². The summed E-state index contributed by atoms with van der Waals surface area (Å²) in [5.41, 5.74) is 0.684. The van der Waals surface area contributed by atoms with Gasteiger partial charge in [0.15, 0.2) is 0 Å². The van der Waals surface area contributed by atoms with Crippen molar-refractivity contribution < 1.29 is 8.42 Å². The highest BCUT2D eigenvalue weighted by molar-refractivity contribution is 8.00. The summed E-state index contributed by atoms with van der Waals surface area (Å²) in [5.74, 6) is 0. The summed E-state index contributed by atoms with van der Waals surface area (Å²) in [4.78, 5) is 4.41. The first kappa shape index (κ1) is 15.1. The molecule has 0 saturated heterocycles. The number of benzene rings is 1. The fourth-order valence-electron chi connectivity index (χ4n) is 2.15. The lowest BCUT2D eigenvalue weighted by Gasteiger charge is -2.13. The van der Waals surface area contributed by atoms with Crippen LogP contribution in [-0.4, -0.2) is 30.9 Å². The van der Waals surface area contributed by atoms with Gasteiger partial charge in [-0.05, 0) is 49.4 Å². The molecule has 0 unspecified atom stereocenters. The van der Waals surface area contributed by atoms with Gasteiger partial charge in [0.1, 0.15) is 5.15 Å². The van der Waals surface area contributed by atoms with Crippen molar-refractivity contribution in [3.8, 4) is 0 Å². The van der Waals surface area contributed by atoms with Crippen molar-refractivity contribution in [3.05, 3.63) is 35.5 Å². The molecule has 0 amide bonds. The van der Waals surface area contributed by atoms with E-state index in [9.17, 15) is 8.42 Å². The molecule has 1 aromatic heterocycles. The monoisotopic (exact) mass is 342 g/mol. The van der Waals surface area contributed by atoms with E-state index in [1.165, 1.54) is 0 Å². The molecule has 4 nitrogen and oxygen atoms in total. The molecule has 0 aliphatic heterocycles. The van der Waals surface area contributed by atoms with Gasteiger partial charge in [-0.1, -0.05) is 11.6 Å². The number of thioether (sulfide) groups is 1. The molecule has 3 rings (SSSR count). The van der Waals surface area contributed by atoms with E-state index in [2.05, 4.69) is 9.71 Å². The third-order valence-electron chi connectivity index (χ3n) is 3.76. The number of hydrogen-bond acceptors (Lipinski definition) is 4. The summed E-state index contributed by atoms with van der Waals surface area (Å²) >= 11 is 7.55. The zero-order chi connectivity index (χ0) is 15.1. The molecular weight excluding hydrogens is 328 g/mol. The highest BCUT2D eigenvalue weighted by Crippen LogP contribution is 2.46. The van der Waals surface area contributed by atoms with E-state index in [0.717, 1.165) is 18.2 Å². The molecule has 0 atom stereocenters. The predicted octanol–water partition coefficient (Wildman–Crippen LogP) is 3.06. The number of nitrogens with one attached hydrogen (secondary N) is 1. The summed E-state index contributed by atoms with van der Waals surface area (Å²) < 4.78 is 27.5. The SMILES string of the molecule is CSC1(CNS(=O)(=O)c2ccc3nc(Cl)ccc3c2)CC1. The van der Waals surface area contributed by atoms with Gasteiger partial charge in [-0.2, -0.15) is 11.8 Å². The first-order chi connectivity index (χ1) is 9.94. The Morgan fingerprint density at radius 1 is 1.33 bits per heavy atom. The smallest absolute Gasteiger partial charge is 0.236 e. The second-order valence-corrected chi connectivity index (χ2v) is 8.63. The average molecular weight is 343 g/mol. The lowest BCUT2D eigenvalue weighted by atomic mass is 10.2. The maximum atomic E-state index is 12.4. The zero-order valence-electron chi connectivity index (χ0n) is 11.5. The summed E-state index contributed by atoms with van der Waals surface area (Å²) in [7, 11) is -3.49. The van der Waals surface area contributed by atoms with Crippen LogP contribution in [0.1, 0.15) is 12.8 Å². The molecule has 2 aromatic rings. The van der Waals surface area contributed by atoms with E-state index in [1.54, 1.807) is 42.1 Å². The van der Waals surface area contributed by atoms with Crippen LogP contribution < -0.4 is 4.72 Å². The van der Waals surface area contributed by atoms with Gasteiger partial charge in [-0.15, -0.1) is 0 Å². The van der Waals surface area contributed by atoms with Crippen LogP contribution >= 0.6 is 23.4 Å². The topological polar surface area (TPSA) is 59.1 Å². The maximum Gasteiger partial charge on any atom is 0.240 e. The van der Waals surface area contributed by atoms with Gasteiger partial charge < -0.3 is 0 Å². The Morgan fingerprint density at radius 3 is 2.76 bits per heavy atom. The Kier molecular flexibility index (Phi) is 3.90. The minimum atomic E-state index is -3.49. The molecule has 1 aliphatic carbocycles. The van der Waals surface area contributed by atoms with Crippen molar-refractivity contribution in [2.75, 3.05) is 12.8 Å². The Bertz CT molecular complexity index is 789. The quantitative estimate of drug-likeness (QED) is 0.848. The zero-order valence-corrected chi connectivity index (χ0v) is 13.9. The lowest BCUT2D eigenvalue weighted by Crippen LogP contribution is -2.31. The van der Waals surface area contributed by atoms with Gasteiger partial charge in [0.2, 0.25) is 10.0 Å². The summed E-state index contributed by atoms with van der Waals surface area (Å²) in [6, 6.07) is 8.29. The fraction of sp³-hybridized carbons (Fsp3) is 0.357. The molecule has 1 N–H and O–H groups in total. The number of aromatic nitrogens is 1. The van der Waals surface area contributed by atoms with E-state index in [0.29, 0.717) is 17.2 Å². The van der Waals surface area contributed by atoms with E-state index < -0.39 is 10.0 Å². The third-order valence-corrected chi connectivity index (χ3v) is 6.79. The van der Waals surface area contributed by atoms with Crippen LogP contribution in [0.25, 0.3) is 10.9 Å². The molecule has 1 fully saturated rings. The van der Waals surface area contributed by atoms with E-state index in [1.807, 2.05) is 6.26 Å². The van der Waals surface area contributed by atoms with Crippen molar-refractivity contribution in [1.29, 1.82) is 0 Å². The minimum Gasteiger partial charge on any atom is -0.236 e. The number of rotatable bonds is 5. The van der Waals surface area contributed by atoms with Crippen LogP contribution in [-0.2, 0) is 10.0 Å². The summed E-state index contributed by atoms with van der Waals surface area (Å²) in [6.45, 7) is 0.480. The van der Waals surface area contributed by atoms with Gasteiger partial charge in [0, 0.05) is 16.7 Å². The molecular formula is C14H15ClN2O2S2. The fourth-order valence-corrected chi connectivity index (χ4v) is 4.28. The predicted molar refractivity (Wildman–Crippen MR) is 87.4 cm³/mol. The lowest BCUT2D eigenvalue weighted by molar-refractivity contribution is 0.580. The third kappa shape index (κ3) is 3.18. The molecule has 0 bridgehead atoms. The molecule has 0 radical (unpaired) electrons. The van der Waals surface area contributed by atoms with Crippen molar-refractivity contribution >= 4 is 44.3 Å². The highest BCUT2D eigenvalue weighted by Gasteiger charge is 2.42. The van der Waals surface area contributed by atoms with Crippen LogP contribution in [0.2, 0.25) is 5.15 Å². The molecule has 21 heavy (non-hydrogen) atoms. The average Bonchev–Trinajstić information content (AvgIpc) is 3.25. The Morgan fingerprint density at radius 2 is 2.10 bits per heavy atom. The van der Waals surface area contributed by atoms with Gasteiger partial charge in [-0.3, -0.25) is 0 Å². The second-order valence-electron chi connectivity index (χ2n) is 5.20. The number of sulfonamides is 1. The van der Waals surface area contributed by atoms with E-state index in [-0.39, 0.29) is 9.64 Å². The standard InChI is InChI=1S/C14H15ClN2O2S2/c1-20-14(6-7-14)9-16-21(18,19)11-3-4-12-10(8-11)2-5-13(15)17-12/h2-5,8,16H,6-7,9H2,1H3.